The standard InChI is InChI=1S/C26H40N6O2/c1-15-16(2)28-21(27-15)23(33)30-20-13-17(11-12-26(20,6)7)18-9-10-19-22(29-18)31(8)24(34)32(19)14-25(3,4)5/h9-10,15-17,20H,11-14H2,1-8H3,(H,27,28)(H,30,33). The second kappa shape index (κ2) is 8.54. The van der Waals surface area contributed by atoms with Crippen LogP contribution in [0.2, 0.25) is 0 Å². The van der Waals surface area contributed by atoms with E-state index >= 15 is 0 Å². The molecule has 8 nitrogen and oxygen atoms in total. The summed E-state index contributed by atoms with van der Waals surface area (Å²) in [5, 5.41) is 6.46. The highest BCUT2D eigenvalue weighted by Gasteiger charge is 2.39. The normalized spacial score (nSPS) is 26.9. The molecule has 34 heavy (non-hydrogen) atoms. The monoisotopic (exact) mass is 468 g/mol. The van der Waals surface area contributed by atoms with Crippen LogP contribution in [0.15, 0.2) is 21.9 Å². The minimum absolute atomic E-state index is 0.00871. The van der Waals surface area contributed by atoms with E-state index in [0.29, 0.717) is 12.4 Å². The first kappa shape index (κ1) is 24.5. The van der Waals surface area contributed by atoms with E-state index in [0.717, 1.165) is 36.1 Å². The number of hydrogen-bond donors (Lipinski definition) is 2. The molecule has 4 rings (SSSR count). The predicted octanol–water partition coefficient (Wildman–Crippen LogP) is 3.34. The fourth-order valence-electron chi connectivity index (χ4n) is 5.15. The van der Waals surface area contributed by atoms with Gasteiger partial charge in [0.1, 0.15) is 0 Å². The molecule has 8 heteroatoms. The van der Waals surface area contributed by atoms with Gasteiger partial charge in [-0.2, -0.15) is 0 Å². The van der Waals surface area contributed by atoms with Crippen LogP contribution >= 0.6 is 0 Å². The van der Waals surface area contributed by atoms with E-state index in [-0.39, 0.29) is 46.5 Å². The Morgan fingerprint density at radius 3 is 2.59 bits per heavy atom. The summed E-state index contributed by atoms with van der Waals surface area (Å²) in [5.74, 6) is 0.535. The molecular formula is C26H40N6O2. The molecule has 2 aromatic heterocycles. The Bertz CT molecular complexity index is 1180. The molecule has 2 aliphatic rings. The third-order valence-electron chi connectivity index (χ3n) is 7.59. The molecule has 3 heterocycles. The van der Waals surface area contributed by atoms with Gasteiger partial charge in [-0.15, -0.1) is 0 Å². The number of carbonyl (C=O) groups excluding carboxylic acids is 1. The summed E-state index contributed by atoms with van der Waals surface area (Å²) in [6.07, 6.45) is 2.80. The lowest BCUT2D eigenvalue weighted by atomic mass is 9.68. The van der Waals surface area contributed by atoms with Crippen LogP contribution in [0.25, 0.3) is 11.2 Å². The van der Waals surface area contributed by atoms with Crippen molar-refractivity contribution in [2.24, 2.45) is 22.9 Å². The van der Waals surface area contributed by atoms with Gasteiger partial charge in [0, 0.05) is 37.3 Å². The van der Waals surface area contributed by atoms with Crippen molar-refractivity contribution in [3.8, 4) is 0 Å². The number of nitrogens with zero attached hydrogens (tertiary/aromatic N) is 4. The van der Waals surface area contributed by atoms with Gasteiger partial charge in [-0.1, -0.05) is 34.6 Å². The number of aliphatic imine (C=N–C) groups is 1. The Morgan fingerprint density at radius 1 is 1.26 bits per heavy atom. The second-order valence-electron chi connectivity index (χ2n) is 12.2. The second-order valence-corrected chi connectivity index (χ2v) is 12.2. The maximum absolute atomic E-state index is 12.9. The molecule has 0 bridgehead atoms. The number of aromatic nitrogens is 3. The first-order valence-electron chi connectivity index (χ1n) is 12.5. The van der Waals surface area contributed by atoms with E-state index in [2.05, 4.69) is 56.3 Å². The Labute approximate surface area is 202 Å². The van der Waals surface area contributed by atoms with Crippen LogP contribution in [-0.4, -0.2) is 44.0 Å². The Hall–Kier alpha value is -2.64. The van der Waals surface area contributed by atoms with Crippen molar-refractivity contribution in [3.63, 3.8) is 0 Å². The van der Waals surface area contributed by atoms with E-state index in [4.69, 9.17) is 4.98 Å². The van der Waals surface area contributed by atoms with Crippen molar-refractivity contribution in [3.05, 3.63) is 28.3 Å². The zero-order valence-electron chi connectivity index (χ0n) is 21.9. The van der Waals surface area contributed by atoms with Crippen molar-refractivity contribution in [1.82, 2.24) is 24.8 Å². The molecule has 1 aliphatic heterocycles. The lowest BCUT2D eigenvalue weighted by Crippen LogP contribution is -2.52. The molecule has 4 unspecified atom stereocenters. The minimum atomic E-state index is -0.125. The van der Waals surface area contributed by atoms with Crippen LogP contribution < -0.4 is 16.3 Å². The highest BCUT2D eigenvalue weighted by atomic mass is 16.2. The SMILES string of the molecule is CC1N=C(C(=O)NC2CC(c3ccc4c(n3)n(C)c(=O)n4CC(C)(C)C)CCC2(C)C)NC1C. The summed E-state index contributed by atoms with van der Waals surface area (Å²) in [4.78, 5) is 35.3. The van der Waals surface area contributed by atoms with Gasteiger partial charge < -0.3 is 10.6 Å². The van der Waals surface area contributed by atoms with Gasteiger partial charge >= 0.3 is 5.69 Å². The van der Waals surface area contributed by atoms with E-state index in [1.165, 1.54) is 0 Å². The first-order chi connectivity index (χ1) is 15.8. The molecule has 1 fully saturated rings. The fraction of sp³-hybridized carbons (Fsp3) is 0.692. The number of pyridine rings is 1. The number of carbonyl (C=O) groups is 1. The van der Waals surface area contributed by atoms with Crippen molar-refractivity contribution >= 4 is 22.9 Å². The van der Waals surface area contributed by atoms with E-state index in [1.54, 1.807) is 11.6 Å². The third-order valence-corrected chi connectivity index (χ3v) is 7.59. The van der Waals surface area contributed by atoms with Crippen LogP contribution in [0.4, 0.5) is 0 Å². The molecule has 0 radical (unpaired) electrons. The minimum Gasteiger partial charge on any atom is -0.361 e. The number of amides is 1. The Kier molecular flexibility index (Phi) is 6.15. The quantitative estimate of drug-likeness (QED) is 0.720. The largest absolute Gasteiger partial charge is 0.361 e. The summed E-state index contributed by atoms with van der Waals surface area (Å²) in [6, 6.07) is 4.38. The lowest BCUT2D eigenvalue weighted by Gasteiger charge is -2.42. The van der Waals surface area contributed by atoms with E-state index < -0.39 is 0 Å². The average molecular weight is 469 g/mol. The molecule has 2 aromatic rings. The van der Waals surface area contributed by atoms with Gasteiger partial charge in [0.2, 0.25) is 0 Å². The zero-order chi connectivity index (χ0) is 25.0. The molecule has 1 amide bonds. The molecule has 186 valence electrons. The molecule has 0 aromatic carbocycles. The van der Waals surface area contributed by atoms with Gasteiger partial charge in [-0.25, -0.2) is 9.78 Å². The van der Waals surface area contributed by atoms with Gasteiger partial charge in [0.15, 0.2) is 11.5 Å². The van der Waals surface area contributed by atoms with Crippen LogP contribution in [0.1, 0.15) is 79.3 Å². The summed E-state index contributed by atoms with van der Waals surface area (Å²) in [6.45, 7) is 15.5. The lowest BCUT2D eigenvalue weighted by molar-refractivity contribution is -0.116. The van der Waals surface area contributed by atoms with Crippen molar-refractivity contribution in [2.45, 2.75) is 98.3 Å². The number of amidine groups is 1. The number of rotatable bonds is 4. The summed E-state index contributed by atoms with van der Waals surface area (Å²) < 4.78 is 3.49. The van der Waals surface area contributed by atoms with Gasteiger partial charge in [0.05, 0.1) is 11.6 Å². The van der Waals surface area contributed by atoms with Crippen molar-refractivity contribution in [1.29, 1.82) is 0 Å². The molecule has 4 atom stereocenters. The van der Waals surface area contributed by atoms with Gasteiger partial charge in [-0.05, 0) is 56.1 Å². The number of hydrogen-bond acceptors (Lipinski definition) is 5. The van der Waals surface area contributed by atoms with Crippen LogP contribution in [0.5, 0.6) is 0 Å². The Balaban J connectivity index is 1.58. The predicted molar refractivity (Wildman–Crippen MR) is 136 cm³/mol. The number of imidazole rings is 1. The van der Waals surface area contributed by atoms with Crippen LogP contribution in [0.3, 0.4) is 0 Å². The fourth-order valence-corrected chi connectivity index (χ4v) is 5.15. The van der Waals surface area contributed by atoms with Crippen LogP contribution in [0, 0.1) is 10.8 Å². The topological polar surface area (TPSA) is 93.3 Å². The maximum Gasteiger partial charge on any atom is 0.330 e. The molecule has 2 N–H and O–H groups in total. The smallest absolute Gasteiger partial charge is 0.330 e. The molecular weight excluding hydrogens is 428 g/mol. The molecule has 0 saturated heterocycles. The highest BCUT2D eigenvalue weighted by molar-refractivity contribution is 6.38. The number of aryl methyl sites for hydroxylation is 1. The summed E-state index contributed by atoms with van der Waals surface area (Å²) in [5.41, 5.74) is 2.54. The summed E-state index contributed by atoms with van der Waals surface area (Å²) in [7, 11) is 1.80. The van der Waals surface area contributed by atoms with Crippen LogP contribution in [-0.2, 0) is 18.4 Å². The molecule has 0 spiro atoms. The third kappa shape index (κ3) is 4.64. The first-order valence-corrected chi connectivity index (χ1v) is 12.5. The highest BCUT2D eigenvalue weighted by Crippen LogP contribution is 2.42. The molecule has 1 aliphatic carbocycles. The number of fused-ring (bicyclic) bond motifs is 1. The van der Waals surface area contributed by atoms with E-state index in [1.807, 2.05) is 24.5 Å². The maximum atomic E-state index is 12.9. The van der Waals surface area contributed by atoms with Crippen molar-refractivity contribution < 1.29 is 4.79 Å². The summed E-state index contributed by atoms with van der Waals surface area (Å²) >= 11 is 0. The van der Waals surface area contributed by atoms with E-state index in [9.17, 15) is 9.59 Å². The van der Waals surface area contributed by atoms with Gasteiger partial charge in [0.25, 0.3) is 5.91 Å². The van der Waals surface area contributed by atoms with Gasteiger partial charge in [-0.3, -0.25) is 18.9 Å². The number of nitrogens with one attached hydrogen (secondary N) is 2. The zero-order valence-corrected chi connectivity index (χ0v) is 21.9. The molecule has 1 saturated carbocycles. The Morgan fingerprint density at radius 2 is 1.97 bits per heavy atom. The average Bonchev–Trinajstić information content (AvgIpc) is 3.20. The van der Waals surface area contributed by atoms with Crippen molar-refractivity contribution in [2.75, 3.05) is 0 Å².